The molecule has 60 valence electrons. The molecule has 0 spiro atoms. The van der Waals surface area contributed by atoms with Crippen molar-refractivity contribution in [2.75, 3.05) is 25.5 Å². The molecular formula is C7H14FNS. The standard InChI is InChI=1S/C7H14FNS/c8-3-5-10-7-2-1-4-9-6-7/h7,9H,1-6H2. The van der Waals surface area contributed by atoms with Crippen molar-refractivity contribution in [2.24, 2.45) is 0 Å². The zero-order chi connectivity index (χ0) is 7.23. The zero-order valence-electron chi connectivity index (χ0n) is 6.11. The van der Waals surface area contributed by atoms with Crippen LogP contribution in [0.4, 0.5) is 4.39 Å². The molecule has 0 aromatic carbocycles. The van der Waals surface area contributed by atoms with Gasteiger partial charge in [0, 0.05) is 17.5 Å². The van der Waals surface area contributed by atoms with Gasteiger partial charge in [0.15, 0.2) is 0 Å². The van der Waals surface area contributed by atoms with E-state index in [1.807, 2.05) is 0 Å². The lowest BCUT2D eigenvalue weighted by molar-refractivity contribution is 0.520. The van der Waals surface area contributed by atoms with Crippen LogP contribution in [0.1, 0.15) is 12.8 Å². The van der Waals surface area contributed by atoms with E-state index >= 15 is 0 Å². The van der Waals surface area contributed by atoms with E-state index in [1.165, 1.54) is 12.8 Å². The van der Waals surface area contributed by atoms with Crippen molar-refractivity contribution in [2.45, 2.75) is 18.1 Å². The van der Waals surface area contributed by atoms with Crippen LogP contribution in [0.5, 0.6) is 0 Å². The third-order valence-corrected chi connectivity index (χ3v) is 2.95. The predicted octanol–water partition coefficient (Wildman–Crippen LogP) is 1.44. The van der Waals surface area contributed by atoms with Crippen LogP contribution in [-0.2, 0) is 0 Å². The first-order valence-corrected chi connectivity index (χ1v) is 4.86. The molecule has 1 heterocycles. The summed E-state index contributed by atoms with van der Waals surface area (Å²) in [5.74, 6) is 0.673. The molecule has 0 aromatic rings. The van der Waals surface area contributed by atoms with Gasteiger partial charge in [0.2, 0.25) is 0 Å². The minimum absolute atomic E-state index is 0.179. The Balaban J connectivity index is 2.02. The summed E-state index contributed by atoms with van der Waals surface area (Å²) >= 11 is 1.76. The van der Waals surface area contributed by atoms with Crippen LogP contribution < -0.4 is 5.32 Å². The van der Waals surface area contributed by atoms with Crippen LogP contribution in [0.15, 0.2) is 0 Å². The highest BCUT2D eigenvalue weighted by molar-refractivity contribution is 7.99. The molecule has 1 unspecified atom stereocenters. The molecule has 1 rings (SSSR count). The first kappa shape index (κ1) is 8.34. The SMILES string of the molecule is FCCSC1CCCNC1. The third kappa shape index (κ3) is 2.88. The number of piperidine rings is 1. The molecule has 0 saturated carbocycles. The van der Waals surface area contributed by atoms with E-state index in [0.717, 1.165) is 13.1 Å². The molecule has 1 nitrogen and oxygen atoms in total. The van der Waals surface area contributed by atoms with Gasteiger partial charge in [0.25, 0.3) is 0 Å². The Morgan fingerprint density at radius 2 is 2.50 bits per heavy atom. The van der Waals surface area contributed by atoms with Crippen LogP contribution in [0.25, 0.3) is 0 Å². The van der Waals surface area contributed by atoms with Crippen molar-refractivity contribution in [3.63, 3.8) is 0 Å². The van der Waals surface area contributed by atoms with E-state index in [0.29, 0.717) is 11.0 Å². The van der Waals surface area contributed by atoms with Crippen LogP contribution in [0, 0.1) is 0 Å². The second kappa shape index (κ2) is 4.97. The second-order valence-electron chi connectivity index (χ2n) is 2.53. The van der Waals surface area contributed by atoms with Crippen molar-refractivity contribution < 1.29 is 4.39 Å². The lowest BCUT2D eigenvalue weighted by atomic mass is 10.2. The third-order valence-electron chi connectivity index (χ3n) is 1.68. The number of alkyl halides is 1. The fourth-order valence-corrected chi connectivity index (χ4v) is 2.16. The molecular weight excluding hydrogens is 149 g/mol. The molecule has 1 aliphatic heterocycles. The minimum Gasteiger partial charge on any atom is -0.316 e. The minimum atomic E-state index is -0.179. The molecule has 1 saturated heterocycles. The molecule has 1 fully saturated rings. The van der Waals surface area contributed by atoms with Gasteiger partial charge in [-0.3, -0.25) is 4.39 Å². The first-order valence-electron chi connectivity index (χ1n) is 3.82. The Bertz CT molecular complexity index is 83.7. The van der Waals surface area contributed by atoms with E-state index in [1.54, 1.807) is 11.8 Å². The second-order valence-corrected chi connectivity index (χ2v) is 3.94. The molecule has 0 bridgehead atoms. The highest BCUT2D eigenvalue weighted by Gasteiger charge is 2.11. The Hall–Kier alpha value is 0.240. The smallest absolute Gasteiger partial charge is 0.0984 e. The highest BCUT2D eigenvalue weighted by atomic mass is 32.2. The summed E-state index contributed by atoms with van der Waals surface area (Å²) in [6.45, 7) is 2.04. The van der Waals surface area contributed by atoms with Gasteiger partial charge >= 0.3 is 0 Å². The number of thioether (sulfide) groups is 1. The normalized spacial score (nSPS) is 26.7. The van der Waals surface area contributed by atoms with Crippen molar-refractivity contribution in [1.29, 1.82) is 0 Å². The fourth-order valence-electron chi connectivity index (χ4n) is 1.17. The summed E-state index contributed by atoms with van der Waals surface area (Å²) in [6, 6.07) is 0. The number of rotatable bonds is 3. The van der Waals surface area contributed by atoms with Gasteiger partial charge in [0.1, 0.15) is 0 Å². The number of nitrogens with one attached hydrogen (secondary N) is 1. The van der Waals surface area contributed by atoms with E-state index in [9.17, 15) is 4.39 Å². The molecule has 0 aliphatic carbocycles. The summed E-state index contributed by atoms with van der Waals surface area (Å²) in [6.07, 6.45) is 2.52. The average molecular weight is 163 g/mol. The topological polar surface area (TPSA) is 12.0 Å². The Labute approximate surface area is 65.8 Å². The van der Waals surface area contributed by atoms with Gasteiger partial charge in [-0.1, -0.05) is 0 Å². The molecule has 0 amide bonds. The van der Waals surface area contributed by atoms with Crippen LogP contribution in [0.3, 0.4) is 0 Å². The van der Waals surface area contributed by atoms with Crippen molar-refractivity contribution in [3.8, 4) is 0 Å². The number of hydrogen-bond donors (Lipinski definition) is 1. The van der Waals surface area contributed by atoms with E-state index in [2.05, 4.69) is 5.32 Å². The Kier molecular flexibility index (Phi) is 4.14. The number of hydrogen-bond acceptors (Lipinski definition) is 2. The zero-order valence-corrected chi connectivity index (χ0v) is 6.92. The molecule has 10 heavy (non-hydrogen) atoms. The predicted molar refractivity (Wildman–Crippen MR) is 44.3 cm³/mol. The summed E-state index contributed by atoms with van der Waals surface area (Å²) in [7, 11) is 0. The summed E-state index contributed by atoms with van der Waals surface area (Å²) < 4.78 is 11.7. The van der Waals surface area contributed by atoms with Crippen LogP contribution >= 0.6 is 11.8 Å². The maximum absolute atomic E-state index is 11.7. The van der Waals surface area contributed by atoms with Crippen LogP contribution in [0.2, 0.25) is 0 Å². The molecule has 0 radical (unpaired) electrons. The van der Waals surface area contributed by atoms with Gasteiger partial charge in [-0.25, -0.2) is 0 Å². The van der Waals surface area contributed by atoms with Gasteiger partial charge in [0.05, 0.1) is 6.67 Å². The maximum atomic E-state index is 11.7. The van der Waals surface area contributed by atoms with Gasteiger partial charge in [-0.2, -0.15) is 11.8 Å². The van der Waals surface area contributed by atoms with Gasteiger partial charge in [-0.15, -0.1) is 0 Å². The Morgan fingerprint density at radius 1 is 1.60 bits per heavy atom. The fraction of sp³-hybridized carbons (Fsp3) is 1.00. The molecule has 0 aromatic heterocycles. The average Bonchev–Trinajstić information content (AvgIpc) is 2.03. The molecule has 1 aliphatic rings. The largest absolute Gasteiger partial charge is 0.316 e. The maximum Gasteiger partial charge on any atom is 0.0984 e. The van der Waals surface area contributed by atoms with E-state index in [-0.39, 0.29) is 6.67 Å². The summed E-state index contributed by atoms with van der Waals surface area (Å²) in [4.78, 5) is 0. The number of halogens is 1. The Morgan fingerprint density at radius 3 is 3.10 bits per heavy atom. The molecule has 1 N–H and O–H groups in total. The van der Waals surface area contributed by atoms with Crippen molar-refractivity contribution >= 4 is 11.8 Å². The van der Waals surface area contributed by atoms with Gasteiger partial charge < -0.3 is 5.32 Å². The molecule has 1 atom stereocenters. The van der Waals surface area contributed by atoms with Crippen molar-refractivity contribution in [1.82, 2.24) is 5.32 Å². The van der Waals surface area contributed by atoms with Gasteiger partial charge in [-0.05, 0) is 19.4 Å². The molecule has 3 heteroatoms. The van der Waals surface area contributed by atoms with E-state index < -0.39 is 0 Å². The lowest BCUT2D eigenvalue weighted by Gasteiger charge is -2.21. The first-order chi connectivity index (χ1) is 4.93. The summed E-state index contributed by atoms with van der Waals surface area (Å²) in [5.41, 5.74) is 0. The van der Waals surface area contributed by atoms with E-state index in [4.69, 9.17) is 0 Å². The lowest BCUT2D eigenvalue weighted by Crippen LogP contribution is -2.31. The van der Waals surface area contributed by atoms with Crippen molar-refractivity contribution in [3.05, 3.63) is 0 Å². The highest BCUT2D eigenvalue weighted by Crippen LogP contribution is 2.17. The van der Waals surface area contributed by atoms with Crippen LogP contribution in [-0.4, -0.2) is 30.8 Å². The quantitative estimate of drug-likeness (QED) is 0.675. The summed E-state index contributed by atoms with van der Waals surface area (Å²) in [5, 5.41) is 3.97. The monoisotopic (exact) mass is 163 g/mol.